The van der Waals surface area contributed by atoms with Gasteiger partial charge in [-0.2, -0.15) is 0 Å². The monoisotopic (exact) mass is 324 g/mol. The lowest BCUT2D eigenvalue weighted by Crippen LogP contribution is -2.08. The zero-order chi connectivity index (χ0) is 11.4. The van der Waals surface area contributed by atoms with Crippen molar-refractivity contribution in [1.82, 2.24) is 8.51 Å². The molecule has 2 rings (SSSR count). The van der Waals surface area contributed by atoms with Gasteiger partial charge in [-0.3, -0.25) is 8.51 Å². The minimum Gasteiger partial charge on any atom is -0.252 e. The van der Waals surface area contributed by atoms with Crippen molar-refractivity contribution in [2.24, 2.45) is 0 Å². The summed E-state index contributed by atoms with van der Waals surface area (Å²) in [5.74, 6) is 0. The van der Waals surface area contributed by atoms with Crippen LogP contribution in [-0.2, 0) is 0 Å². The number of nitrogens with one attached hydrogen (secondary N) is 1. The molecule has 1 aromatic heterocycles. The van der Waals surface area contributed by atoms with Gasteiger partial charge in [0.15, 0.2) is 0 Å². The molecule has 0 saturated heterocycles. The molecule has 82 valence electrons. The van der Waals surface area contributed by atoms with Gasteiger partial charge >= 0.3 is 0 Å². The summed E-state index contributed by atoms with van der Waals surface area (Å²) in [6, 6.07) is 16.6. The fourth-order valence-electron chi connectivity index (χ4n) is 1.52. The Morgan fingerprint density at radius 1 is 1.06 bits per heavy atom. The smallest absolute Gasteiger partial charge is 0.0706 e. The maximum Gasteiger partial charge on any atom is 0.0706 e. The Labute approximate surface area is 110 Å². The van der Waals surface area contributed by atoms with Crippen molar-refractivity contribution in [2.75, 3.05) is 0 Å². The molecule has 0 saturated carbocycles. The molecule has 0 fully saturated rings. The highest BCUT2D eigenvalue weighted by Gasteiger charge is 2.06. The van der Waals surface area contributed by atoms with Crippen LogP contribution >= 0.6 is 22.9 Å². The first-order valence-electron chi connectivity index (χ1n) is 5.20. The lowest BCUT2D eigenvalue weighted by molar-refractivity contribution is 0.747. The van der Waals surface area contributed by atoms with Crippen LogP contribution in [0.2, 0.25) is 0 Å². The molecule has 1 N–H and O–H groups in total. The molecule has 0 aliphatic heterocycles. The summed E-state index contributed by atoms with van der Waals surface area (Å²) in [6.45, 7) is 2.10. The third kappa shape index (κ3) is 2.59. The van der Waals surface area contributed by atoms with Crippen molar-refractivity contribution in [1.29, 1.82) is 0 Å². The molecule has 2 nitrogen and oxygen atoms in total. The second-order valence-electron chi connectivity index (χ2n) is 3.64. The van der Waals surface area contributed by atoms with E-state index in [1.807, 2.05) is 30.3 Å². The van der Waals surface area contributed by atoms with E-state index in [-0.39, 0.29) is 6.04 Å². The second-order valence-corrected chi connectivity index (χ2v) is 4.27. The highest BCUT2D eigenvalue weighted by Crippen LogP contribution is 2.19. The first kappa shape index (κ1) is 11.5. The number of nitrogens with zero attached hydrogens (tertiary/aromatic N) is 1. The molecule has 0 amide bonds. The van der Waals surface area contributed by atoms with Gasteiger partial charge in [-0.25, -0.2) is 0 Å². The van der Waals surface area contributed by atoms with Crippen molar-refractivity contribution in [3.8, 4) is 11.3 Å². The van der Waals surface area contributed by atoms with Crippen LogP contribution in [0.3, 0.4) is 0 Å². The van der Waals surface area contributed by atoms with Crippen LogP contribution in [0.4, 0.5) is 0 Å². The van der Waals surface area contributed by atoms with E-state index in [1.54, 1.807) is 0 Å². The van der Waals surface area contributed by atoms with Gasteiger partial charge in [0.05, 0.1) is 17.4 Å². The van der Waals surface area contributed by atoms with Crippen LogP contribution in [0.25, 0.3) is 11.3 Å². The number of pyridine rings is 1. The summed E-state index contributed by atoms with van der Waals surface area (Å²) >= 11 is 2.15. The molecule has 1 atom stereocenters. The highest BCUT2D eigenvalue weighted by molar-refractivity contribution is 14.1. The first-order valence-corrected chi connectivity index (χ1v) is 6.27. The average molecular weight is 324 g/mol. The Morgan fingerprint density at radius 3 is 2.50 bits per heavy atom. The van der Waals surface area contributed by atoms with E-state index in [4.69, 9.17) is 0 Å². The molecule has 0 spiro atoms. The number of aromatic nitrogens is 1. The minimum absolute atomic E-state index is 0.268. The number of hydrogen-bond donors (Lipinski definition) is 1. The molecule has 1 unspecified atom stereocenters. The van der Waals surface area contributed by atoms with Crippen LogP contribution < -0.4 is 3.53 Å². The molecule has 0 aliphatic carbocycles. The summed E-state index contributed by atoms with van der Waals surface area (Å²) in [6.07, 6.45) is 0. The standard InChI is InChI=1S/C13H13IN2/c1-10(16-14)12-8-5-9-13(15-12)11-6-3-2-4-7-11/h2-10,16H,1H3. The molecule has 1 heterocycles. The van der Waals surface area contributed by atoms with Crippen LogP contribution in [0, 0.1) is 0 Å². The molecule has 1 aromatic carbocycles. The molecular formula is C13H13IN2. The van der Waals surface area contributed by atoms with Crippen LogP contribution in [0.5, 0.6) is 0 Å². The third-order valence-electron chi connectivity index (χ3n) is 2.45. The number of hydrogen-bond acceptors (Lipinski definition) is 2. The minimum atomic E-state index is 0.268. The summed E-state index contributed by atoms with van der Waals surface area (Å²) in [5, 5.41) is 0. The van der Waals surface area contributed by atoms with Crippen molar-refractivity contribution in [3.63, 3.8) is 0 Å². The fraction of sp³-hybridized carbons (Fsp3) is 0.154. The quantitative estimate of drug-likeness (QED) is 0.687. The van der Waals surface area contributed by atoms with E-state index in [2.05, 4.69) is 56.5 Å². The van der Waals surface area contributed by atoms with Crippen molar-refractivity contribution in [2.45, 2.75) is 13.0 Å². The van der Waals surface area contributed by atoms with Crippen LogP contribution in [0.1, 0.15) is 18.7 Å². The number of benzene rings is 1. The Morgan fingerprint density at radius 2 is 1.81 bits per heavy atom. The Hall–Kier alpha value is -0.940. The summed E-state index contributed by atoms with van der Waals surface area (Å²) < 4.78 is 3.17. The normalized spacial score (nSPS) is 12.4. The van der Waals surface area contributed by atoms with E-state index < -0.39 is 0 Å². The van der Waals surface area contributed by atoms with E-state index in [0.717, 1.165) is 17.0 Å². The maximum atomic E-state index is 4.65. The van der Waals surface area contributed by atoms with Gasteiger partial charge in [0.2, 0.25) is 0 Å². The molecule has 0 aliphatic rings. The van der Waals surface area contributed by atoms with Gasteiger partial charge < -0.3 is 0 Å². The Bertz CT molecular complexity index is 456. The number of halogens is 1. The van der Waals surface area contributed by atoms with Crippen LogP contribution in [0.15, 0.2) is 48.5 Å². The highest BCUT2D eigenvalue weighted by atomic mass is 127. The molecule has 0 radical (unpaired) electrons. The van der Waals surface area contributed by atoms with Gasteiger partial charge in [-0.1, -0.05) is 36.4 Å². The summed E-state index contributed by atoms with van der Waals surface area (Å²) in [7, 11) is 0. The molecule has 3 heteroatoms. The van der Waals surface area contributed by atoms with Gasteiger partial charge in [0.1, 0.15) is 0 Å². The van der Waals surface area contributed by atoms with E-state index in [9.17, 15) is 0 Å². The van der Waals surface area contributed by atoms with Gasteiger partial charge in [-0.15, -0.1) is 0 Å². The van der Waals surface area contributed by atoms with Crippen molar-refractivity contribution >= 4 is 22.9 Å². The molecular weight excluding hydrogens is 311 g/mol. The lowest BCUT2D eigenvalue weighted by Gasteiger charge is -2.09. The van der Waals surface area contributed by atoms with Crippen LogP contribution in [-0.4, -0.2) is 4.98 Å². The number of rotatable bonds is 3. The van der Waals surface area contributed by atoms with E-state index in [1.165, 1.54) is 0 Å². The maximum absolute atomic E-state index is 4.65. The summed E-state index contributed by atoms with van der Waals surface area (Å²) in [4.78, 5) is 4.65. The van der Waals surface area contributed by atoms with E-state index >= 15 is 0 Å². The predicted octanol–water partition coefficient (Wildman–Crippen LogP) is 3.75. The molecule has 16 heavy (non-hydrogen) atoms. The lowest BCUT2D eigenvalue weighted by atomic mass is 10.1. The second kappa shape index (κ2) is 5.41. The molecule has 0 bridgehead atoms. The Balaban J connectivity index is 2.36. The topological polar surface area (TPSA) is 24.9 Å². The largest absolute Gasteiger partial charge is 0.252 e. The van der Waals surface area contributed by atoms with Crippen molar-refractivity contribution < 1.29 is 0 Å². The fourth-order valence-corrected chi connectivity index (χ4v) is 1.84. The average Bonchev–Trinajstić information content (AvgIpc) is 2.39. The van der Waals surface area contributed by atoms with Gasteiger partial charge in [0.25, 0.3) is 0 Å². The van der Waals surface area contributed by atoms with Gasteiger partial charge in [-0.05, 0) is 19.1 Å². The Kier molecular flexibility index (Phi) is 3.90. The van der Waals surface area contributed by atoms with E-state index in [0.29, 0.717) is 0 Å². The third-order valence-corrected chi connectivity index (χ3v) is 3.38. The first-order chi connectivity index (χ1) is 7.81. The summed E-state index contributed by atoms with van der Waals surface area (Å²) in [5.41, 5.74) is 3.25. The SMILES string of the molecule is CC(NI)c1cccc(-c2ccccc2)n1. The predicted molar refractivity (Wildman–Crippen MR) is 75.2 cm³/mol. The van der Waals surface area contributed by atoms with Gasteiger partial charge in [0, 0.05) is 28.4 Å². The molecule has 2 aromatic rings. The zero-order valence-corrected chi connectivity index (χ0v) is 11.2. The van der Waals surface area contributed by atoms with Crippen molar-refractivity contribution in [3.05, 3.63) is 54.2 Å². The zero-order valence-electron chi connectivity index (χ0n) is 9.02.